The average molecular weight is 340 g/mol. The molecule has 0 aliphatic heterocycles. The van der Waals surface area contributed by atoms with E-state index in [4.69, 9.17) is 30.6 Å². The van der Waals surface area contributed by atoms with Crippen molar-refractivity contribution in [2.45, 2.75) is 39.7 Å². The van der Waals surface area contributed by atoms with Gasteiger partial charge < -0.3 is 30.6 Å². The lowest BCUT2D eigenvalue weighted by molar-refractivity contribution is -0.156. The Balaban J connectivity index is -0.000000273. The summed E-state index contributed by atoms with van der Waals surface area (Å²) in [5.74, 6) is -7.58. The highest BCUT2D eigenvalue weighted by Gasteiger charge is 2.23. The molecule has 10 heteroatoms. The predicted octanol–water partition coefficient (Wildman–Crippen LogP) is -0.277. The molecule has 0 bridgehead atoms. The van der Waals surface area contributed by atoms with Gasteiger partial charge in [-0.15, -0.1) is 0 Å². The first-order valence-electron chi connectivity index (χ1n) is 6.66. The summed E-state index contributed by atoms with van der Waals surface area (Å²) >= 11 is 0. The highest BCUT2D eigenvalue weighted by Crippen LogP contribution is 2.01. The lowest BCUT2D eigenvalue weighted by atomic mass is 10.1. The molecule has 0 spiro atoms. The van der Waals surface area contributed by atoms with E-state index < -0.39 is 41.8 Å². The van der Waals surface area contributed by atoms with Gasteiger partial charge in [0.25, 0.3) is 0 Å². The Labute approximate surface area is 133 Å². The normalized spacial score (nSPS) is 10.7. The van der Waals surface area contributed by atoms with E-state index >= 15 is 0 Å². The van der Waals surface area contributed by atoms with Crippen LogP contribution >= 0.6 is 0 Å². The monoisotopic (exact) mass is 340 g/mol. The van der Waals surface area contributed by atoms with Gasteiger partial charge in [-0.2, -0.15) is 0 Å². The van der Waals surface area contributed by atoms with E-state index in [0.717, 1.165) is 0 Å². The minimum Gasteiger partial charge on any atom is -0.481 e. The summed E-state index contributed by atoms with van der Waals surface area (Å²) in [5, 5.41) is 48.7. The highest BCUT2D eigenvalue weighted by molar-refractivity contribution is 5.93. The first-order valence-corrected chi connectivity index (χ1v) is 6.66. The Morgan fingerprint density at radius 1 is 0.739 bits per heavy atom. The topological polar surface area (TPSA) is 190 Å². The van der Waals surface area contributed by atoms with Gasteiger partial charge in [0.1, 0.15) is 0 Å². The molecule has 0 radical (unpaired) electrons. The number of aliphatic carboxylic acids is 4. The molecule has 0 aromatic carbocycles. The third kappa shape index (κ3) is 16.0. The van der Waals surface area contributed by atoms with Crippen LogP contribution in [0.15, 0.2) is 0 Å². The molecule has 1 atom stereocenters. The van der Waals surface area contributed by atoms with E-state index in [1.165, 1.54) is 20.8 Å². The Kier molecular flexibility index (Phi) is 16.5. The average Bonchev–Trinajstić information content (AvgIpc) is 2.39. The van der Waals surface area contributed by atoms with E-state index in [1.54, 1.807) is 0 Å². The predicted molar refractivity (Wildman–Crippen MR) is 76.9 cm³/mol. The van der Waals surface area contributed by atoms with Gasteiger partial charge in [-0.1, -0.05) is 13.8 Å². The van der Waals surface area contributed by atoms with Gasteiger partial charge in [0.05, 0.1) is 12.7 Å². The van der Waals surface area contributed by atoms with Gasteiger partial charge in [0, 0.05) is 0 Å². The van der Waals surface area contributed by atoms with Crippen molar-refractivity contribution >= 4 is 23.9 Å². The summed E-state index contributed by atoms with van der Waals surface area (Å²) in [6, 6.07) is 0. The highest BCUT2D eigenvalue weighted by atomic mass is 16.4. The van der Waals surface area contributed by atoms with Gasteiger partial charge in [0.2, 0.25) is 0 Å². The van der Waals surface area contributed by atoms with Crippen molar-refractivity contribution in [1.82, 2.24) is 0 Å². The summed E-state index contributed by atoms with van der Waals surface area (Å²) in [5.41, 5.74) is 0. The standard InChI is InChI=1S/2C5H8O4.C3H8O2/c2*1-2-3(4(6)7)5(8)9;1-3(5)2-4/h2*3H,2H2,1H3,(H,6,7)(H,8,9);3-5H,2H2,1H3. The number of rotatable bonds is 7. The molecule has 0 rings (SSSR count). The number of carboxylic acids is 4. The SMILES string of the molecule is CC(O)CO.CCC(C(=O)O)C(=O)O.CCC(C(=O)O)C(=O)O. The number of carboxylic acid groups (broad SMARTS) is 4. The number of hydrogen-bond donors (Lipinski definition) is 6. The molecule has 0 aliphatic carbocycles. The van der Waals surface area contributed by atoms with Crippen LogP contribution in [-0.4, -0.2) is 67.2 Å². The molecule has 0 saturated carbocycles. The molecule has 0 heterocycles. The Morgan fingerprint density at radius 2 is 0.913 bits per heavy atom. The molecule has 0 aliphatic rings. The molecule has 0 saturated heterocycles. The zero-order chi connectivity index (χ0) is 19.2. The van der Waals surface area contributed by atoms with Crippen LogP contribution in [0.4, 0.5) is 0 Å². The fraction of sp³-hybridized carbons (Fsp3) is 0.692. The maximum Gasteiger partial charge on any atom is 0.317 e. The minimum atomic E-state index is -1.27. The lowest BCUT2D eigenvalue weighted by Gasteiger charge is -2.00. The molecule has 1 unspecified atom stereocenters. The van der Waals surface area contributed by atoms with Crippen LogP contribution in [0.3, 0.4) is 0 Å². The van der Waals surface area contributed by atoms with Crippen molar-refractivity contribution in [3.63, 3.8) is 0 Å². The number of aliphatic hydroxyl groups is 2. The van der Waals surface area contributed by atoms with Crippen LogP contribution in [0.5, 0.6) is 0 Å². The van der Waals surface area contributed by atoms with E-state index in [1.807, 2.05) is 0 Å². The van der Waals surface area contributed by atoms with E-state index in [0.29, 0.717) is 0 Å². The van der Waals surface area contributed by atoms with Crippen LogP contribution in [-0.2, 0) is 19.2 Å². The van der Waals surface area contributed by atoms with Crippen molar-refractivity contribution in [2.75, 3.05) is 6.61 Å². The number of carbonyl (C=O) groups is 4. The number of hydrogen-bond acceptors (Lipinski definition) is 6. The first kappa shape index (κ1) is 25.7. The third-order valence-electron chi connectivity index (χ3n) is 2.27. The second kappa shape index (κ2) is 14.7. The summed E-state index contributed by atoms with van der Waals surface area (Å²) in [7, 11) is 0. The molecule has 10 nitrogen and oxygen atoms in total. The smallest absolute Gasteiger partial charge is 0.317 e. The van der Waals surface area contributed by atoms with Crippen molar-refractivity contribution in [2.24, 2.45) is 11.8 Å². The summed E-state index contributed by atoms with van der Waals surface area (Å²) in [6.07, 6.45) is -0.301. The van der Waals surface area contributed by atoms with E-state index in [9.17, 15) is 19.2 Å². The second-order valence-corrected chi connectivity index (χ2v) is 4.31. The quantitative estimate of drug-likeness (QED) is 0.336. The van der Waals surface area contributed by atoms with Crippen LogP contribution in [0.1, 0.15) is 33.6 Å². The van der Waals surface area contributed by atoms with Crippen LogP contribution in [0.25, 0.3) is 0 Å². The molecule has 23 heavy (non-hydrogen) atoms. The van der Waals surface area contributed by atoms with Gasteiger partial charge in [-0.25, -0.2) is 0 Å². The van der Waals surface area contributed by atoms with Crippen molar-refractivity contribution in [1.29, 1.82) is 0 Å². The molecule has 6 N–H and O–H groups in total. The molecular weight excluding hydrogens is 316 g/mol. The fourth-order valence-electron chi connectivity index (χ4n) is 0.910. The van der Waals surface area contributed by atoms with Gasteiger partial charge in [0.15, 0.2) is 11.8 Å². The van der Waals surface area contributed by atoms with Crippen LogP contribution in [0, 0.1) is 11.8 Å². The zero-order valence-electron chi connectivity index (χ0n) is 13.2. The Hall–Kier alpha value is -2.20. The van der Waals surface area contributed by atoms with Crippen molar-refractivity contribution < 1.29 is 49.8 Å². The maximum absolute atomic E-state index is 9.99. The van der Waals surface area contributed by atoms with Crippen molar-refractivity contribution in [3.8, 4) is 0 Å². The fourth-order valence-corrected chi connectivity index (χ4v) is 0.910. The van der Waals surface area contributed by atoms with E-state index in [2.05, 4.69) is 0 Å². The maximum atomic E-state index is 9.99. The molecule has 0 aromatic heterocycles. The lowest BCUT2D eigenvalue weighted by Crippen LogP contribution is -2.22. The van der Waals surface area contributed by atoms with Crippen LogP contribution in [0.2, 0.25) is 0 Å². The zero-order valence-corrected chi connectivity index (χ0v) is 13.2. The molecular formula is C13H24O10. The first-order chi connectivity index (χ1) is 10.5. The largest absolute Gasteiger partial charge is 0.481 e. The Bertz CT molecular complexity index is 317. The van der Waals surface area contributed by atoms with Crippen LogP contribution < -0.4 is 0 Å². The third-order valence-corrected chi connectivity index (χ3v) is 2.27. The molecule has 136 valence electrons. The summed E-state index contributed by atoms with van der Waals surface area (Å²) < 4.78 is 0. The van der Waals surface area contributed by atoms with Gasteiger partial charge >= 0.3 is 23.9 Å². The Morgan fingerprint density at radius 3 is 0.913 bits per heavy atom. The van der Waals surface area contributed by atoms with Gasteiger partial charge in [-0.3, -0.25) is 19.2 Å². The minimum absolute atomic E-state index is 0.130. The number of aliphatic hydroxyl groups excluding tert-OH is 2. The van der Waals surface area contributed by atoms with E-state index in [-0.39, 0.29) is 19.4 Å². The second-order valence-electron chi connectivity index (χ2n) is 4.31. The summed E-state index contributed by atoms with van der Waals surface area (Å²) in [6.45, 7) is 4.43. The molecule has 0 amide bonds. The van der Waals surface area contributed by atoms with Gasteiger partial charge in [-0.05, 0) is 19.8 Å². The van der Waals surface area contributed by atoms with Crippen molar-refractivity contribution in [3.05, 3.63) is 0 Å². The molecule has 0 fully saturated rings. The summed E-state index contributed by atoms with van der Waals surface area (Å²) in [4.78, 5) is 40.0. The molecule has 0 aromatic rings.